The van der Waals surface area contributed by atoms with Crippen LogP contribution in [0.2, 0.25) is 0 Å². The average Bonchev–Trinajstić information content (AvgIpc) is 3.21. The topological polar surface area (TPSA) is 80.0 Å². The van der Waals surface area contributed by atoms with Crippen LogP contribution in [0.4, 0.5) is 0 Å². The summed E-state index contributed by atoms with van der Waals surface area (Å²) >= 11 is 0. The first-order valence-corrected chi connectivity index (χ1v) is 8.47. The summed E-state index contributed by atoms with van der Waals surface area (Å²) in [4.78, 5) is 12.3. The molecular formula is C18H24N4O2. The third-order valence-corrected chi connectivity index (χ3v) is 5.01. The maximum Gasteiger partial charge on any atom is 0.220 e. The van der Waals surface area contributed by atoms with Crippen molar-refractivity contribution < 1.29 is 9.90 Å². The van der Waals surface area contributed by atoms with Crippen LogP contribution in [0.3, 0.4) is 0 Å². The van der Waals surface area contributed by atoms with Crippen molar-refractivity contribution in [3.8, 4) is 5.69 Å². The third kappa shape index (κ3) is 3.48. The minimum Gasteiger partial charge on any atom is -0.396 e. The van der Waals surface area contributed by atoms with Crippen molar-refractivity contribution in [2.24, 2.45) is 5.41 Å². The zero-order valence-electron chi connectivity index (χ0n) is 14.0. The van der Waals surface area contributed by atoms with Crippen LogP contribution in [-0.4, -0.2) is 38.4 Å². The minimum atomic E-state index is -0.195. The highest BCUT2D eigenvalue weighted by Gasteiger charge is 2.38. The van der Waals surface area contributed by atoms with Crippen molar-refractivity contribution in [1.29, 1.82) is 0 Å². The average molecular weight is 328 g/mol. The van der Waals surface area contributed by atoms with Gasteiger partial charge < -0.3 is 10.4 Å². The Morgan fingerprint density at radius 2 is 2.21 bits per heavy atom. The number of nitrogens with zero attached hydrogens (tertiary/aromatic N) is 3. The molecule has 6 nitrogen and oxygen atoms in total. The maximum absolute atomic E-state index is 12.3. The largest absolute Gasteiger partial charge is 0.396 e. The quantitative estimate of drug-likeness (QED) is 0.848. The van der Waals surface area contributed by atoms with Crippen LogP contribution >= 0.6 is 0 Å². The Balaban J connectivity index is 1.59. The van der Waals surface area contributed by atoms with E-state index in [9.17, 15) is 9.90 Å². The molecule has 1 saturated carbocycles. The number of amides is 1. The molecule has 6 heteroatoms. The number of hydrogen-bond donors (Lipinski definition) is 2. The third-order valence-electron chi connectivity index (χ3n) is 5.01. The van der Waals surface area contributed by atoms with E-state index >= 15 is 0 Å². The lowest BCUT2D eigenvalue weighted by Crippen LogP contribution is -2.44. The summed E-state index contributed by atoms with van der Waals surface area (Å²) in [6.07, 6.45) is 5.50. The summed E-state index contributed by atoms with van der Waals surface area (Å²) in [6.45, 7) is 2.15. The highest BCUT2D eigenvalue weighted by molar-refractivity contribution is 5.76. The Kier molecular flexibility index (Phi) is 4.94. The van der Waals surface area contributed by atoms with Crippen LogP contribution in [0.15, 0.2) is 36.7 Å². The number of para-hydroxylation sites is 1. The van der Waals surface area contributed by atoms with Gasteiger partial charge in [0.05, 0.1) is 6.61 Å². The zero-order chi connectivity index (χ0) is 17.0. The summed E-state index contributed by atoms with van der Waals surface area (Å²) in [6, 6.07) is 9.90. The number of aliphatic hydroxyl groups is 1. The molecule has 24 heavy (non-hydrogen) atoms. The predicted octanol–water partition coefficient (Wildman–Crippen LogP) is 1.87. The van der Waals surface area contributed by atoms with Crippen molar-refractivity contribution in [2.75, 3.05) is 6.61 Å². The van der Waals surface area contributed by atoms with Crippen molar-refractivity contribution in [2.45, 2.75) is 45.1 Å². The molecule has 0 radical (unpaired) electrons. The number of carbonyl (C=O) groups excluding carboxylic acids is 1. The summed E-state index contributed by atoms with van der Waals surface area (Å²) in [5.74, 6) is 0.775. The van der Waals surface area contributed by atoms with Crippen LogP contribution in [-0.2, 0) is 11.2 Å². The molecule has 2 N–H and O–H groups in total. The van der Waals surface area contributed by atoms with E-state index in [1.807, 2.05) is 41.8 Å². The Bertz CT molecular complexity index is 685. The van der Waals surface area contributed by atoms with Gasteiger partial charge >= 0.3 is 0 Å². The molecule has 0 saturated heterocycles. The number of nitrogens with one attached hydrogen (secondary N) is 1. The van der Waals surface area contributed by atoms with Gasteiger partial charge in [0.25, 0.3) is 0 Å². The molecule has 0 spiro atoms. The van der Waals surface area contributed by atoms with Gasteiger partial charge in [-0.2, -0.15) is 0 Å². The zero-order valence-corrected chi connectivity index (χ0v) is 14.0. The second kappa shape index (κ2) is 7.13. The van der Waals surface area contributed by atoms with Crippen LogP contribution in [0.1, 0.15) is 38.4 Å². The fourth-order valence-electron chi connectivity index (χ4n) is 3.39. The van der Waals surface area contributed by atoms with Crippen LogP contribution in [0.25, 0.3) is 5.69 Å². The van der Waals surface area contributed by atoms with E-state index in [1.165, 1.54) is 0 Å². The monoisotopic (exact) mass is 328 g/mol. The second-order valence-corrected chi connectivity index (χ2v) is 6.78. The van der Waals surface area contributed by atoms with E-state index in [0.29, 0.717) is 12.8 Å². The number of aryl methyl sites for hydroxylation is 1. The number of aromatic nitrogens is 3. The smallest absolute Gasteiger partial charge is 0.220 e. The Hall–Kier alpha value is -2.21. The molecule has 0 bridgehead atoms. The first kappa shape index (κ1) is 16.6. The van der Waals surface area contributed by atoms with Gasteiger partial charge in [-0.05, 0) is 25.0 Å². The summed E-state index contributed by atoms with van der Waals surface area (Å²) in [5.41, 5.74) is 0.793. The molecule has 1 fully saturated rings. The van der Waals surface area contributed by atoms with Gasteiger partial charge in [-0.3, -0.25) is 9.36 Å². The lowest BCUT2D eigenvalue weighted by atomic mass is 9.86. The molecule has 2 atom stereocenters. The number of carbonyl (C=O) groups is 1. The second-order valence-electron chi connectivity index (χ2n) is 6.78. The van der Waals surface area contributed by atoms with Gasteiger partial charge in [0.2, 0.25) is 5.91 Å². The van der Waals surface area contributed by atoms with E-state index in [2.05, 4.69) is 15.5 Å². The number of hydrogen-bond acceptors (Lipinski definition) is 4. The molecule has 1 amide bonds. The van der Waals surface area contributed by atoms with Crippen molar-refractivity contribution in [3.63, 3.8) is 0 Å². The fourth-order valence-corrected chi connectivity index (χ4v) is 3.39. The maximum atomic E-state index is 12.3. The van der Waals surface area contributed by atoms with Crippen LogP contribution in [0.5, 0.6) is 0 Å². The molecule has 128 valence electrons. The number of rotatable bonds is 6. The van der Waals surface area contributed by atoms with Crippen LogP contribution < -0.4 is 5.32 Å². The highest BCUT2D eigenvalue weighted by Crippen LogP contribution is 2.37. The van der Waals surface area contributed by atoms with Gasteiger partial charge in [0.1, 0.15) is 12.2 Å². The van der Waals surface area contributed by atoms with Gasteiger partial charge in [0, 0.05) is 30.0 Å². The standard InChI is InChI=1S/C18H24N4O2/c1-18(12-23)11-5-8-15(18)20-17(24)10-9-16-21-19-13-22(16)14-6-3-2-4-7-14/h2-4,6-7,13,15,23H,5,8-12H2,1H3,(H,20,24). The van der Waals surface area contributed by atoms with Gasteiger partial charge in [-0.1, -0.05) is 31.5 Å². The molecule has 0 aliphatic heterocycles. The van der Waals surface area contributed by atoms with Gasteiger partial charge in [0.15, 0.2) is 0 Å². The van der Waals surface area contributed by atoms with Crippen molar-refractivity contribution >= 4 is 5.91 Å². The summed E-state index contributed by atoms with van der Waals surface area (Å²) in [5, 5.41) is 20.8. The molecule has 1 aliphatic carbocycles. The number of benzene rings is 1. The Labute approximate surface area is 141 Å². The normalized spacial score (nSPS) is 23.3. The molecule has 2 aromatic rings. The predicted molar refractivity (Wildman–Crippen MR) is 90.7 cm³/mol. The Morgan fingerprint density at radius 3 is 2.96 bits per heavy atom. The molecular weight excluding hydrogens is 304 g/mol. The lowest BCUT2D eigenvalue weighted by molar-refractivity contribution is -0.122. The first-order chi connectivity index (χ1) is 11.6. The summed E-state index contributed by atoms with van der Waals surface area (Å²) in [7, 11) is 0. The molecule has 1 heterocycles. The Morgan fingerprint density at radius 1 is 1.42 bits per heavy atom. The minimum absolute atomic E-state index is 0.00388. The SMILES string of the molecule is CC1(CO)CCCC1NC(=O)CCc1nncn1-c1ccccc1. The molecule has 1 aromatic heterocycles. The van der Waals surface area contributed by atoms with Crippen LogP contribution in [0, 0.1) is 5.41 Å². The van der Waals surface area contributed by atoms with E-state index in [-0.39, 0.29) is 24.0 Å². The van der Waals surface area contributed by atoms with Crippen molar-refractivity contribution in [3.05, 3.63) is 42.5 Å². The number of aliphatic hydroxyl groups excluding tert-OH is 1. The highest BCUT2D eigenvalue weighted by atomic mass is 16.3. The van der Waals surface area contributed by atoms with E-state index in [4.69, 9.17) is 0 Å². The molecule has 3 rings (SSSR count). The first-order valence-electron chi connectivity index (χ1n) is 8.47. The van der Waals surface area contributed by atoms with E-state index < -0.39 is 0 Å². The summed E-state index contributed by atoms with van der Waals surface area (Å²) < 4.78 is 1.90. The van der Waals surface area contributed by atoms with E-state index in [0.717, 1.165) is 30.8 Å². The molecule has 2 unspecified atom stereocenters. The lowest BCUT2D eigenvalue weighted by Gasteiger charge is -2.30. The fraction of sp³-hybridized carbons (Fsp3) is 0.500. The van der Waals surface area contributed by atoms with E-state index in [1.54, 1.807) is 6.33 Å². The molecule has 1 aromatic carbocycles. The van der Waals surface area contributed by atoms with Crippen molar-refractivity contribution in [1.82, 2.24) is 20.1 Å². The van der Waals surface area contributed by atoms with Gasteiger partial charge in [-0.25, -0.2) is 0 Å². The molecule has 1 aliphatic rings. The van der Waals surface area contributed by atoms with Gasteiger partial charge in [-0.15, -0.1) is 10.2 Å².